The lowest BCUT2D eigenvalue weighted by Gasteiger charge is -2.38. The molecule has 206 valence electrons. The number of fused-ring (bicyclic) bond motifs is 2. The van der Waals surface area contributed by atoms with Crippen LogP contribution in [0.1, 0.15) is 47.5 Å². The molecule has 4 heterocycles. The van der Waals surface area contributed by atoms with Gasteiger partial charge in [0.25, 0.3) is 0 Å². The minimum absolute atomic E-state index is 0.0509. The molecule has 11 nitrogen and oxygen atoms in total. The molecule has 3 aliphatic heterocycles. The van der Waals surface area contributed by atoms with Crippen LogP contribution in [0.5, 0.6) is 0 Å². The zero-order valence-electron chi connectivity index (χ0n) is 22.7. The SMILES string of the molecule is CCCNC(=O)[C@@H]1[C@H]2C(=O)N([C@@H](CO)C(C)C)C(C(=O)NCn3nnc4ccccc43)C23CC(C)[C@@]1(C)O3. The lowest BCUT2D eigenvalue weighted by atomic mass is 9.62. The number of aliphatic hydroxyl groups excluding tert-OH is 1. The third-order valence-corrected chi connectivity index (χ3v) is 8.97. The average molecular weight is 527 g/mol. The number of nitrogens with zero attached hydrogens (tertiary/aromatic N) is 4. The van der Waals surface area contributed by atoms with Crippen LogP contribution in [0.25, 0.3) is 11.0 Å². The van der Waals surface area contributed by atoms with Gasteiger partial charge in [-0.1, -0.05) is 45.0 Å². The predicted octanol–water partition coefficient (Wildman–Crippen LogP) is 1.06. The summed E-state index contributed by atoms with van der Waals surface area (Å²) in [6, 6.07) is 5.85. The molecule has 38 heavy (non-hydrogen) atoms. The van der Waals surface area contributed by atoms with E-state index >= 15 is 0 Å². The van der Waals surface area contributed by atoms with Gasteiger partial charge in [-0.25, -0.2) is 4.68 Å². The van der Waals surface area contributed by atoms with Crippen molar-refractivity contribution in [3.8, 4) is 0 Å². The van der Waals surface area contributed by atoms with Crippen molar-refractivity contribution in [3.05, 3.63) is 24.3 Å². The summed E-state index contributed by atoms with van der Waals surface area (Å²) in [5.74, 6) is -2.63. The van der Waals surface area contributed by atoms with Gasteiger partial charge in [0.2, 0.25) is 17.7 Å². The first-order valence-corrected chi connectivity index (χ1v) is 13.6. The first-order valence-electron chi connectivity index (χ1n) is 13.6. The molecule has 3 aliphatic rings. The van der Waals surface area contributed by atoms with Gasteiger partial charge in [0.05, 0.1) is 35.6 Å². The summed E-state index contributed by atoms with van der Waals surface area (Å²) < 4.78 is 8.30. The first-order chi connectivity index (χ1) is 18.1. The van der Waals surface area contributed by atoms with Gasteiger partial charge < -0.3 is 25.4 Å². The van der Waals surface area contributed by atoms with Crippen molar-refractivity contribution in [2.45, 2.75) is 77.4 Å². The van der Waals surface area contributed by atoms with E-state index in [0.29, 0.717) is 18.5 Å². The molecule has 1 aromatic carbocycles. The quantitative estimate of drug-likeness (QED) is 0.444. The molecule has 1 aromatic heterocycles. The van der Waals surface area contributed by atoms with Crippen molar-refractivity contribution in [3.63, 3.8) is 0 Å². The topological polar surface area (TPSA) is 139 Å². The van der Waals surface area contributed by atoms with E-state index in [4.69, 9.17) is 4.74 Å². The van der Waals surface area contributed by atoms with Gasteiger partial charge in [-0.05, 0) is 43.7 Å². The number of carbonyl (C=O) groups excluding carboxylic acids is 3. The highest BCUT2D eigenvalue weighted by molar-refractivity contribution is 5.99. The maximum Gasteiger partial charge on any atom is 0.247 e. The Morgan fingerprint density at radius 3 is 2.66 bits per heavy atom. The van der Waals surface area contributed by atoms with E-state index in [1.807, 2.05) is 58.9 Å². The van der Waals surface area contributed by atoms with Gasteiger partial charge in [-0.3, -0.25) is 14.4 Å². The highest BCUT2D eigenvalue weighted by Gasteiger charge is 2.80. The van der Waals surface area contributed by atoms with E-state index in [1.54, 1.807) is 4.68 Å². The summed E-state index contributed by atoms with van der Waals surface area (Å²) in [5, 5.41) is 24.5. The Labute approximate surface area is 222 Å². The summed E-state index contributed by atoms with van der Waals surface area (Å²) in [5.41, 5.74) is -0.572. The number of hydrogen-bond acceptors (Lipinski definition) is 7. The Hall–Kier alpha value is -3.05. The maximum atomic E-state index is 14.2. The second-order valence-corrected chi connectivity index (χ2v) is 11.5. The molecule has 3 saturated heterocycles. The second-order valence-electron chi connectivity index (χ2n) is 11.5. The molecule has 3 unspecified atom stereocenters. The van der Waals surface area contributed by atoms with Gasteiger partial charge in [0, 0.05) is 6.54 Å². The van der Waals surface area contributed by atoms with Crippen molar-refractivity contribution in [1.29, 1.82) is 0 Å². The van der Waals surface area contributed by atoms with E-state index in [-0.39, 0.29) is 36.9 Å². The molecular formula is C27H38N6O5. The number of nitrogens with one attached hydrogen (secondary N) is 2. The van der Waals surface area contributed by atoms with Crippen LogP contribution in [0.15, 0.2) is 24.3 Å². The van der Waals surface area contributed by atoms with E-state index < -0.39 is 41.0 Å². The highest BCUT2D eigenvalue weighted by atomic mass is 16.5. The Balaban J connectivity index is 1.52. The fourth-order valence-corrected chi connectivity index (χ4v) is 7.00. The average Bonchev–Trinajstić information content (AvgIpc) is 3.55. The summed E-state index contributed by atoms with van der Waals surface area (Å²) in [7, 11) is 0. The van der Waals surface area contributed by atoms with Crippen LogP contribution in [0, 0.1) is 23.7 Å². The first kappa shape index (κ1) is 26.6. The molecule has 0 radical (unpaired) electrons. The van der Waals surface area contributed by atoms with Crippen LogP contribution < -0.4 is 10.6 Å². The standard InChI is InChI=1S/C27H38N6O5/c1-6-11-28-23(35)20-21-25(37)33(19(13-34)15(2)3)22(27(21)12-16(4)26(20,5)38-27)24(36)29-14-32-18-10-8-7-9-17(18)30-31-32/h7-10,15-16,19-22,34H,6,11-14H2,1-5H3,(H,28,35)(H,29,36)/t16?,19-,20-,21-,22?,26+,27?/m0/s1. The number of rotatable bonds is 9. The van der Waals surface area contributed by atoms with Crippen LogP contribution >= 0.6 is 0 Å². The number of carbonyl (C=O) groups is 3. The van der Waals surface area contributed by atoms with Crippen LogP contribution in [0.2, 0.25) is 0 Å². The third kappa shape index (κ3) is 3.73. The lowest BCUT2D eigenvalue weighted by molar-refractivity contribution is -0.152. The molecule has 0 saturated carbocycles. The van der Waals surface area contributed by atoms with Gasteiger partial charge >= 0.3 is 0 Å². The Bertz CT molecular complexity index is 1250. The number of para-hydroxylation sites is 1. The largest absolute Gasteiger partial charge is 0.394 e. The highest BCUT2D eigenvalue weighted by Crippen LogP contribution is 2.65. The number of benzene rings is 1. The zero-order chi connectivity index (χ0) is 27.4. The Morgan fingerprint density at radius 1 is 1.24 bits per heavy atom. The van der Waals surface area contributed by atoms with Gasteiger partial charge in [0.1, 0.15) is 23.8 Å². The van der Waals surface area contributed by atoms with Crippen molar-refractivity contribution < 1.29 is 24.2 Å². The van der Waals surface area contributed by atoms with Crippen LogP contribution in [0.4, 0.5) is 0 Å². The third-order valence-electron chi connectivity index (χ3n) is 8.97. The molecule has 3 N–H and O–H groups in total. The number of aromatic nitrogens is 3. The molecular weight excluding hydrogens is 488 g/mol. The zero-order valence-corrected chi connectivity index (χ0v) is 22.7. The predicted molar refractivity (Wildman–Crippen MR) is 138 cm³/mol. The van der Waals surface area contributed by atoms with E-state index in [1.165, 1.54) is 4.90 Å². The molecule has 5 rings (SSSR count). The van der Waals surface area contributed by atoms with E-state index in [9.17, 15) is 19.5 Å². The summed E-state index contributed by atoms with van der Waals surface area (Å²) in [4.78, 5) is 43.2. The van der Waals surface area contributed by atoms with Gasteiger partial charge in [-0.15, -0.1) is 5.10 Å². The molecule has 2 bridgehead atoms. The number of likely N-dealkylation sites (tertiary alicyclic amines) is 1. The van der Waals surface area contributed by atoms with Crippen LogP contribution in [-0.2, 0) is 25.8 Å². The minimum Gasteiger partial charge on any atom is -0.394 e. The Kier molecular flexibility index (Phi) is 6.71. The van der Waals surface area contributed by atoms with Crippen LogP contribution in [0.3, 0.4) is 0 Å². The smallest absolute Gasteiger partial charge is 0.247 e. The maximum absolute atomic E-state index is 14.2. The van der Waals surface area contributed by atoms with Crippen molar-refractivity contribution in [2.24, 2.45) is 23.7 Å². The molecule has 11 heteroatoms. The fourth-order valence-electron chi connectivity index (χ4n) is 7.00. The molecule has 0 aliphatic carbocycles. The number of hydrogen-bond donors (Lipinski definition) is 3. The number of aliphatic hydroxyl groups is 1. The molecule has 1 spiro atoms. The Morgan fingerprint density at radius 2 is 1.97 bits per heavy atom. The molecule has 3 amide bonds. The molecule has 3 fully saturated rings. The van der Waals surface area contributed by atoms with Crippen LogP contribution in [-0.4, -0.2) is 79.2 Å². The summed E-state index contributed by atoms with van der Waals surface area (Å²) in [6.45, 7) is 9.94. The number of ether oxygens (including phenoxy) is 1. The normalized spacial score (nSPS) is 32.7. The second kappa shape index (κ2) is 9.60. The molecule has 2 aromatic rings. The van der Waals surface area contributed by atoms with Gasteiger partial charge in [-0.2, -0.15) is 0 Å². The number of amides is 3. The van der Waals surface area contributed by atoms with E-state index in [0.717, 1.165) is 11.9 Å². The van der Waals surface area contributed by atoms with E-state index in [2.05, 4.69) is 20.9 Å². The van der Waals surface area contributed by atoms with Crippen molar-refractivity contribution >= 4 is 28.8 Å². The summed E-state index contributed by atoms with van der Waals surface area (Å²) >= 11 is 0. The lowest BCUT2D eigenvalue weighted by Crippen LogP contribution is -2.59. The molecule has 7 atom stereocenters. The monoisotopic (exact) mass is 526 g/mol. The minimum atomic E-state index is -1.17. The van der Waals surface area contributed by atoms with Crippen molar-refractivity contribution in [2.75, 3.05) is 13.2 Å². The van der Waals surface area contributed by atoms with Crippen molar-refractivity contribution in [1.82, 2.24) is 30.5 Å². The summed E-state index contributed by atoms with van der Waals surface area (Å²) in [6.07, 6.45) is 1.23. The van der Waals surface area contributed by atoms with Gasteiger partial charge in [0.15, 0.2) is 0 Å². The fraction of sp³-hybridized carbons (Fsp3) is 0.667.